The summed E-state index contributed by atoms with van der Waals surface area (Å²) in [5, 5.41) is 10.8. The van der Waals surface area contributed by atoms with Crippen LogP contribution < -0.4 is 5.73 Å². The molecule has 0 saturated carbocycles. The van der Waals surface area contributed by atoms with Crippen molar-refractivity contribution in [1.82, 2.24) is 0 Å². The first-order valence-corrected chi connectivity index (χ1v) is 6.98. The van der Waals surface area contributed by atoms with Gasteiger partial charge >= 0.3 is 0 Å². The maximum Gasteiger partial charge on any atom is 0.105 e. The van der Waals surface area contributed by atoms with Crippen LogP contribution in [0.1, 0.15) is 16.7 Å². The van der Waals surface area contributed by atoms with E-state index in [1.807, 2.05) is 12.1 Å². The monoisotopic (exact) mass is 294 g/mol. The van der Waals surface area contributed by atoms with Crippen molar-refractivity contribution >= 4 is 39.5 Å². The summed E-state index contributed by atoms with van der Waals surface area (Å²) in [6.07, 6.45) is 1.70. The molecule has 0 bridgehead atoms. The Kier molecular flexibility index (Phi) is 2.74. The number of thiophene rings is 1. The fourth-order valence-corrected chi connectivity index (χ4v) is 3.80. The molecule has 0 fully saturated rings. The lowest BCUT2D eigenvalue weighted by Gasteiger charge is -2.17. The molecule has 1 aromatic heterocycles. The molecule has 0 saturated heterocycles. The van der Waals surface area contributed by atoms with Gasteiger partial charge in [-0.3, -0.25) is 0 Å². The fraction of sp³-hybridized carbons (Fsp3) is 0.154. The summed E-state index contributed by atoms with van der Waals surface area (Å²) >= 11 is 13.6. The topological polar surface area (TPSA) is 49.8 Å². The first kappa shape index (κ1) is 11.9. The highest BCUT2D eigenvalue weighted by Gasteiger charge is 2.24. The average molecular weight is 295 g/mol. The summed E-state index contributed by atoms with van der Waals surface area (Å²) in [5.74, 6) is 0. The zero-order valence-corrected chi connectivity index (χ0v) is 11.6. The van der Waals surface area contributed by atoms with Crippen molar-refractivity contribution in [2.45, 2.75) is 12.8 Å². The van der Waals surface area contributed by atoms with Crippen molar-refractivity contribution in [3.8, 4) is 16.5 Å². The molecule has 0 aliphatic heterocycles. The lowest BCUT2D eigenvalue weighted by Crippen LogP contribution is -2.03. The summed E-state index contributed by atoms with van der Waals surface area (Å²) in [6.45, 7) is 0. The lowest BCUT2D eigenvalue weighted by molar-refractivity contribution is 0.946. The molecule has 1 heterocycles. The van der Waals surface area contributed by atoms with Gasteiger partial charge < -0.3 is 5.73 Å². The molecule has 0 spiro atoms. The molecular formula is C13H8Cl2N2S. The highest BCUT2D eigenvalue weighted by atomic mass is 35.5. The van der Waals surface area contributed by atoms with E-state index in [0.717, 1.165) is 28.8 Å². The van der Waals surface area contributed by atoms with E-state index >= 15 is 0 Å². The number of nitriles is 1. The lowest BCUT2D eigenvalue weighted by atomic mass is 9.89. The van der Waals surface area contributed by atoms with Gasteiger partial charge in [-0.1, -0.05) is 23.2 Å². The highest BCUT2D eigenvalue weighted by Crippen LogP contribution is 2.45. The summed E-state index contributed by atoms with van der Waals surface area (Å²) in [7, 11) is 0. The molecule has 0 unspecified atom stereocenters. The zero-order valence-electron chi connectivity index (χ0n) is 9.26. The van der Waals surface area contributed by atoms with Gasteiger partial charge in [0.1, 0.15) is 11.1 Å². The Hall–Kier alpha value is -1.21. The standard InChI is InChI=1S/C13H8Cl2N2S/c14-10-3-6-1-2-7-9(5-16)13(17)18-12(7)8(6)4-11(10)15/h3-4H,1-2,17H2. The summed E-state index contributed by atoms with van der Waals surface area (Å²) in [5.41, 5.74) is 9.79. The maximum atomic E-state index is 9.14. The number of fused-ring (bicyclic) bond motifs is 3. The quantitative estimate of drug-likeness (QED) is 0.788. The van der Waals surface area contributed by atoms with Crippen LogP contribution in [0.15, 0.2) is 12.1 Å². The number of benzene rings is 1. The molecule has 2 aromatic rings. The molecule has 0 atom stereocenters. The third-order valence-corrected chi connectivity index (χ3v) is 5.00. The van der Waals surface area contributed by atoms with Gasteiger partial charge in [-0.05, 0) is 41.7 Å². The van der Waals surface area contributed by atoms with Crippen LogP contribution in [0.2, 0.25) is 10.0 Å². The van der Waals surface area contributed by atoms with Crippen molar-refractivity contribution in [2.75, 3.05) is 5.73 Å². The molecule has 1 aliphatic carbocycles. The van der Waals surface area contributed by atoms with Crippen molar-refractivity contribution in [3.05, 3.63) is 38.9 Å². The van der Waals surface area contributed by atoms with Crippen molar-refractivity contribution in [2.24, 2.45) is 0 Å². The summed E-state index contributed by atoms with van der Waals surface area (Å²) in [6, 6.07) is 5.96. The Labute approximate surface area is 119 Å². The number of halogens is 2. The van der Waals surface area contributed by atoms with Gasteiger partial charge in [0.15, 0.2) is 0 Å². The van der Waals surface area contributed by atoms with E-state index < -0.39 is 0 Å². The van der Waals surface area contributed by atoms with Crippen LogP contribution in [0.4, 0.5) is 5.00 Å². The van der Waals surface area contributed by atoms with E-state index in [-0.39, 0.29) is 0 Å². The highest BCUT2D eigenvalue weighted by molar-refractivity contribution is 7.19. The third kappa shape index (κ3) is 1.61. The van der Waals surface area contributed by atoms with Crippen LogP contribution in [0, 0.1) is 11.3 Å². The van der Waals surface area contributed by atoms with Gasteiger partial charge in [0.25, 0.3) is 0 Å². The molecule has 2 nitrogen and oxygen atoms in total. The number of nitrogens with zero attached hydrogens (tertiary/aromatic N) is 1. The number of hydrogen-bond acceptors (Lipinski definition) is 3. The Bertz CT molecular complexity index is 698. The first-order valence-electron chi connectivity index (χ1n) is 5.41. The molecule has 90 valence electrons. The molecule has 18 heavy (non-hydrogen) atoms. The summed E-state index contributed by atoms with van der Waals surface area (Å²) in [4.78, 5) is 1.06. The van der Waals surface area contributed by atoms with E-state index in [1.54, 1.807) is 0 Å². The van der Waals surface area contributed by atoms with Crippen LogP contribution in [-0.4, -0.2) is 0 Å². The minimum absolute atomic E-state index is 0.536. The Morgan fingerprint density at radius 1 is 1.22 bits per heavy atom. The second kappa shape index (κ2) is 4.17. The van der Waals surface area contributed by atoms with E-state index in [2.05, 4.69) is 6.07 Å². The Morgan fingerprint density at radius 3 is 2.67 bits per heavy atom. The van der Waals surface area contributed by atoms with Crippen LogP contribution >= 0.6 is 34.5 Å². The number of rotatable bonds is 0. The van der Waals surface area contributed by atoms with Gasteiger partial charge in [-0.2, -0.15) is 5.26 Å². The number of anilines is 1. The molecule has 3 rings (SSSR count). The normalized spacial score (nSPS) is 12.7. The van der Waals surface area contributed by atoms with Gasteiger partial charge in [0.05, 0.1) is 15.6 Å². The van der Waals surface area contributed by atoms with Crippen LogP contribution in [0.25, 0.3) is 10.4 Å². The van der Waals surface area contributed by atoms with E-state index in [9.17, 15) is 0 Å². The van der Waals surface area contributed by atoms with Crippen molar-refractivity contribution < 1.29 is 0 Å². The van der Waals surface area contributed by atoms with E-state index in [0.29, 0.717) is 20.6 Å². The third-order valence-electron chi connectivity index (χ3n) is 3.18. The van der Waals surface area contributed by atoms with Crippen molar-refractivity contribution in [1.29, 1.82) is 5.26 Å². The van der Waals surface area contributed by atoms with Crippen molar-refractivity contribution in [3.63, 3.8) is 0 Å². The molecule has 2 N–H and O–H groups in total. The summed E-state index contributed by atoms with van der Waals surface area (Å²) < 4.78 is 0. The Morgan fingerprint density at radius 2 is 1.94 bits per heavy atom. The predicted molar refractivity (Wildman–Crippen MR) is 76.3 cm³/mol. The molecule has 0 amide bonds. The SMILES string of the molecule is N#Cc1c(N)sc2c1CCc1cc(Cl)c(Cl)cc1-2. The average Bonchev–Trinajstić information content (AvgIpc) is 2.67. The van der Waals surface area contributed by atoms with Gasteiger partial charge in [-0.25, -0.2) is 0 Å². The minimum Gasteiger partial charge on any atom is -0.389 e. The first-order chi connectivity index (χ1) is 8.61. The van der Waals surface area contributed by atoms with E-state index in [1.165, 1.54) is 16.9 Å². The smallest absolute Gasteiger partial charge is 0.105 e. The van der Waals surface area contributed by atoms with Gasteiger partial charge in [0, 0.05) is 4.88 Å². The second-order valence-corrected chi connectivity index (χ2v) is 6.05. The number of hydrogen-bond donors (Lipinski definition) is 1. The number of nitrogen functional groups attached to an aromatic ring is 1. The predicted octanol–water partition coefficient (Wildman–Crippen LogP) is 4.27. The zero-order chi connectivity index (χ0) is 12.9. The number of aryl methyl sites for hydroxylation is 1. The number of nitrogens with two attached hydrogens (primary N) is 1. The van der Waals surface area contributed by atoms with Crippen LogP contribution in [-0.2, 0) is 12.8 Å². The molecule has 1 aliphatic rings. The van der Waals surface area contributed by atoms with Crippen LogP contribution in [0.3, 0.4) is 0 Å². The second-order valence-electron chi connectivity index (χ2n) is 4.18. The Balaban J connectivity index is 2.30. The molecule has 0 radical (unpaired) electrons. The maximum absolute atomic E-state index is 9.14. The largest absolute Gasteiger partial charge is 0.389 e. The van der Waals surface area contributed by atoms with Gasteiger partial charge in [0.2, 0.25) is 0 Å². The minimum atomic E-state index is 0.536. The molecule has 1 aromatic carbocycles. The van der Waals surface area contributed by atoms with E-state index in [4.69, 9.17) is 34.2 Å². The molecular weight excluding hydrogens is 287 g/mol. The van der Waals surface area contributed by atoms with Crippen LogP contribution in [0.5, 0.6) is 0 Å². The van der Waals surface area contributed by atoms with Gasteiger partial charge in [-0.15, -0.1) is 11.3 Å². The molecule has 5 heteroatoms. The fourth-order valence-electron chi connectivity index (χ4n) is 2.33.